The summed E-state index contributed by atoms with van der Waals surface area (Å²) in [6.07, 6.45) is 0.728. The number of nitrogens with zero attached hydrogens (tertiary/aromatic N) is 2. The number of hydrogen-bond donors (Lipinski definition) is 1. The lowest BCUT2D eigenvalue weighted by atomic mass is 10.1. The number of carbonyl (C=O) groups is 1. The minimum atomic E-state index is -0.130. The van der Waals surface area contributed by atoms with Crippen molar-refractivity contribution >= 4 is 17.2 Å². The standard InChI is InChI=1S/C13H11N3OS/c14-7-10-1-3-11(4-2-10)13(17)15-6-5-12-8-18-9-16-12/h1-4,8-9H,5-6H2,(H,15,17). The molecule has 0 fully saturated rings. The number of benzene rings is 1. The molecule has 0 saturated carbocycles. The van der Waals surface area contributed by atoms with E-state index in [1.807, 2.05) is 11.4 Å². The average Bonchev–Trinajstić information content (AvgIpc) is 2.92. The van der Waals surface area contributed by atoms with Crippen LogP contribution < -0.4 is 5.32 Å². The number of aromatic nitrogens is 1. The van der Waals surface area contributed by atoms with E-state index in [0.717, 1.165) is 12.1 Å². The molecule has 0 atom stereocenters. The van der Waals surface area contributed by atoms with Crippen molar-refractivity contribution in [1.29, 1.82) is 5.26 Å². The van der Waals surface area contributed by atoms with E-state index in [1.165, 1.54) is 0 Å². The number of nitrogens with one attached hydrogen (secondary N) is 1. The fraction of sp³-hybridized carbons (Fsp3) is 0.154. The van der Waals surface area contributed by atoms with Crippen molar-refractivity contribution in [3.63, 3.8) is 0 Å². The molecule has 0 aliphatic rings. The lowest BCUT2D eigenvalue weighted by Crippen LogP contribution is -2.25. The van der Waals surface area contributed by atoms with Crippen LogP contribution >= 0.6 is 11.3 Å². The summed E-state index contributed by atoms with van der Waals surface area (Å²) < 4.78 is 0. The number of thiazole rings is 1. The summed E-state index contributed by atoms with van der Waals surface area (Å²) in [4.78, 5) is 15.9. The Morgan fingerprint density at radius 1 is 1.39 bits per heavy atom. The lowest BCUT2D eigenvalue weighted by molar-refractivity contribution is 0.0954. The van der Waals surface area contributed by atoms with Gasteiger partial charge in [-0.15, -0.1) is 11.3 Å². The Kier molecular flexibility index (Phi) is 4.05. The maximum Gasteiger partial charge on any atom is 0.251 e. The zero-order valence-corrected chi connectivity index (χ0v) is 10.4. The van der Waals surface area contributed by atoms with E-state index in [2.05, 4.69) is 10.3 Å². The van der Waals surface area contributed by atoms with E-state index in [-0.39, 0.29) is 5.91 Å². The quantitative estimate of drug-likeness (QED) is 0.910. The minimum absolute atomic E-state index is 0.130. The molecule has 18 heavy (non-hydrogen) atoms. The van der Waals surface area contributed by atoms with Gasteiger partial charge in [0.1, 0.15) is 0 Å². The molecule has 1 aromatic heterocycles. The average molecular weight is 257 g/mol. The van der Waals surface area contributed by atoms with Gasteiger partial charge < -0.3 is 5.32 Å². The van der Waals surface area contributed by atoms with Gasteiger partial charge in [-0.05, 0) is 24.3 Å². The first kappa shape index (κ1) is 12.3. The van der Waals surface area contributed by atoms with Gasteiger partial charge in [0.2, 0.25) is 0 Å². The Morgan fingerprint density at radius 3 is 2.78 bits per heavy atom. The SMILES string of the molecule is N#Cc1ccc(C(=O)NCCc2cscn2)cc1. The van der Waals surface area contributed by atoms with Gasteiger partial charge in [0.15, 0.2) is 0 Å². The molecule has 0 aliphatic carbocycles. The number of hydrogen-bond acceptors (Lipinski definition) is 4. The highest BCUT2D eigenvalue weighted by Gasteiger charge is 2.04. The van der Waals surface area contributed by atoms with Crippen LogP contribution in [0.5, 0.6) is 0 Å². The molecule has 0 bridgehead atoms. The largest absolute Gasteiger partial charge is 0.352 e. The molecule has 0 radical (unpaired) electrons. The summed E-state index contributed by atoms with van der Waals surface area (Å²) in [7, 11) is 0. The third kappa shape index (κ3) is 3.15. The van der Waals surface area contributed by atoms with Crippen LogP contribution in [0.1, 0.15) is 21.6 Å². The molecule has 0 unspecified atom stereocenters. The van der Waals surface area contributed by atoms with Crippen molar-refractivity contribution < 1.29 is 4.79 Å². The maximum atomic E-state index is 11.8. The molecule has 2 rings (SSSR count). The fourth-order valence-electron chi connectivity index (χ4n) is 1.46. The van der Waals surface area contributed by atoms with Crippen molar-refractivity contribution in [2.24, 2.45) is 0 Å². The predicted molar refractivity (Wildman–Crippen MR) is 69.3 cm³/mol. The first-order valence-electron chi connectivity index (χ1n) is 5.45. The second-order valence-corrected chi connectivity index (χ2v) is 4.39. The van der Waals surface area contributed by atoms with E-state index in [4.69, 9.17) is 5.26 Å². The number of nitriles is 1. The predicted octanol–water partition coefficient (Wildman–Crippen LogP) is 1.99. The maximum absolute atomic E-state index is 11.8. The van der Waals surface area contributed by atoms with E-state index in [0.29, 0.717) is 17.7 Å². The molecule has 1 heterocycles. The molecule has 0 aliphatic heterocycles. The minimum Gasteiger partial charge on any atom is -0.352 e. The summed E-state index contributed by atoms with van der Waals surface area (Å²) in [5, 5.41) is 13.4. The number of carbonyl (C=O) groups excluding carboxylic acids is 1. The molecule has 4 nitrogen and oxygen atoms in total. The van der Waals surface area contributed by atoms with Gasteiger partial charge in [0.25, 0.3) is 5.91 Å². The normalized spacial score (nSPS) is 9.72. The Hall–Kier alpha value is -2.19. The monoisotopic (exact) mass is 257 g/mol. The molecule has 1 N–H and O–H groups in total. The van der Waals surface area contributed by atoms with Gasteiger partial charge in [0, 0.05) is 23.9 Å². The van der Waals surface area contributed by atoms with Crippen molar-refractivity contribution in [2.45, 2.75) is 6.42 Å². The molecule has 5 heteroatoms. The van der Waals surface area contributed by atoms with Crippen LogP contribution in [0, 0.1) is 11.3 Å². The Balaban J connectivity index is 1.86. The summed E-state index contributed by atoms with van der Waals surface area (Å²) in [6, 6.07) is 8.58. The molecule has 1 aromatic carbocycles. The van der Waals surface area contributed by atoms with Crippen LogP contribution in [0.15, 0.2) is 35.2 Å². The summed E-state index contributed by atoms with van der Waals surface area (Å²) in [6.45, 7) is 0.558. The summed E-state index contributed by atoms with van der Waals surface area (Å²) >= 11 is 1.54. The van der Waals surface area contributed by atoms with E-state index < -0.39 is 0 Å². The molecular weight excluding hydrogens is 246 g/mol. The highest BCUT2D eigenvalue weighted by molar-refractivity contribution is 7.07. The third-order valence-corrected chi connectivity index (χ3v) is 3.06. The van der Waals surface area contributed by atoms with Crippen LogP contribution in [0.3, 0.4) is 0 Å². The van der Waals surface area contributed by atoms with Gasteiger partial charge in [-0.2, -0.15) is 5.26 Å². The van der Waals surface area contributed by atoms with Crippen molar-refractivity contribution in [3.05, 3.63) is 52.0 Å². The Morgan fingerprint density at radius 2 is 2.17 bits per heavy atom. The highest BCUT2D eigenvalue weighted by atomic mass is 32.1. The molecule has 1 amide bonds. The highest BCUT2D eigenvalue weighted by Crippen LogP contribution is 2.04. The van der Waals surface area contributed by atoms with Crippen LogP contribution in [-0.2, 0) is 6.42 Å². The second kappa shape index (κ2) is 5.94. The summed E-state index contributed by atoms with van der Waals surface area (Å²) in [5.41, 5.74) is 3.87. The van der Waals surface area contributed by atoms with Crippen molar-refractivity contribution in [2.75, 3.05) is 6.54 Å². The van der Waals surface area contributed by atoms with Crippen LogP contribution in [0.4, 0.5) is 0 Å². The van der Waals surface area contributed by atoms with Gasteiger partial charge in [-0.3, -0.25) is 4.79 Å². The summed E-state index contributed by atoms with van der Waals surface area (Å²) in [5.74, 6) is -0.130. The number of amides is 1. The van der Waals surface area contributed by atoms with Crippen LogP contribution in [0.2, 0.25) is 0 Å². The van der Waals surface area contributed by atoms with E-state index in [1.54, 1.807) is 41.1 Å². The molecule has 90 valence electrons. The molecule has 0 saturated heterocycles. The van der Waals surface area contributed by atoms with Crippen LogP contribution in [0.25, 0.3) is 0 Å². The topological polar surface area (TPSA) is 65.8 Å². The first-order chi connectivity index (χ1) is 8.79. The third-order valence-electron chi connectivity index (χ3n) is 2.43. The first-order valence-corrected chi connectivity index (χ1v) is 6.39. The van der Waals surface area contributed by atoms with Crippen molar-refractivity contribution in [1.82, 2.24) is 10.3 Å². The Labute approximate surface area is 109 Å². The lowest BCUT2D eigenvalue weighted by Gasteiger charge is -2.03. The zero-order valence-electron chi connectivity index (χ0n) is 9.59. The molecule has 2 aromatic rings. The van der Waals surface area contributed by atoms with Crippen LogP contribution in [-0.4, -0.2) is 17.4 Å². The second-order valence-electron chi connectivity index (χ2n) is 3.67. The number of rotatable bonds is 4. The van der Waals surface area contributed by atoms with Gasteiger partial charge in [0.05, 0.1) is 22.8 Å². The van der Waals surface area contributed by atoms with Gasteiger partial charge >= 0.3 is 0 Å². The van der Waals surface area contributed by atoms with Crippen molar-refractivity contribution in [3.8, 4) is 6.07 Å². The molecule has 0 spiro atoms. The zero-order chi connectivity index (χ0) is 12.8. The Bertz CT molecular complexity index is 555. The van der Waals surface area contributed by atoms with Gasteiger partial charge in [-0.1, -0.05) is 0 Å². The van der Waals surface area contributed by atoms with Gasteiger partial charge in [-0.25, -0.2) is 4.98 Å². The van der Waals surface area contributed by atoms with E-state index in [9.17, 15) is 4.79 Å². The molecular formula is C13H11N3OS. The smallest absolute Gasteiger partial charge is 0.251 e. The fourth-order valence-corrected chi connectivity index (χ4v) is 2.06. The van der Waals surface area contributed by atoms with E-state index >= 15 is 0 Å².